The Morgan fingerprint density at radius 1 is 1.19 bits per heavy atom. The summed E-state index contributed by atoms with van der Waals surface area (Å²) in [4.78, 5) is 13.2. The van der Waals surface area contributed by atoms with Gasteiger partial charge in [0.2, 0.25) is 0 Å². The minimum atomic E-state index is -0.310. The number of nitrogens with zero attached hydrogens (tertiary/aromatic N) is 4. The number of thioether (sulfide) groups is 1. The SMILES string of the molecule is O=c1oc2ccccc2n1CCSc1nnc(-c2cccs2)n1C1CC1. The fourth-order valence-corrected chi connectivity index (χ4v) is 4.70. The molecular weight excluding hydrogens is 368 g/mol. The molecule has 8 heteroatoms. The van der Waals surface area contributed by atoms with E-state index in [-0.39, 0.29) is 5.76 Å². The van der Waals surface area contributed by atoms with E-state index in [1.807, 2.05) is 30.3 Å². The summed E-state index contributed by atoms with van der Waals surface area (Å²) >= 11 is 3.33. The Morgan fingerprint density at radius 3 is 2.88 bits per heavy atom. The Hall–Kier alpha value is -2.32. The smallest absolute Gasteiger partial charge is 0.408 e. The van der Waals surface area contributed by atoms with Gasteiger partial charge >= 0.3 is 5.76 Å². The van der Waals surface area contributed by atoms with Crippen molar-refractivity contribution in [1.29, 1.82) is 0 Å². The van der Waals surface area contributed by atoms with Gasteiger partial charge in [-0.05, 0) is 36.4 Å². The lowest BCUT2D eigenvalue weighted by Gasteiger charge is -2.07. The number of fused-ring (bicyclic) bond motifs is 1. The second-order valence-corrected chi connectivity index (χ2v) is 8.23. The van der Waals surface area contributed by atoms with Crippen molar-refractivity contribution in [3.63, 3.8) is 0 Å². The summed E-state index contributed by atoms with van der Waals surface area (Å²) < 4.78 is 9.23. The first-order valence-electron chi connectivity index (χ1n) is 8.51. The van der Waals surface area contributed by atoms with E-state index in [9.17, 15) is 4.79 Å². The van der Waals surface area contributed by atoms with E-state index in [2.05, 4.69) is 26.2 Å². The largest absolute Gasteiger partial charge is 0.419 e. The van der Waals surface area contributed by atoms with Crippen molar-refractivity contribution < 1.29 is 4.42 Å². The maximum absolute atomic E-state index is 12.1. The number of aromatic nitrogens is 4. The zero-order valence-corrected chi connectivity index (χ0v) is 15.5. The molecule has 0 spiro atoms. The highest BCUT2D eigenvalue weighted by molar-refractivity contribution is 7.99. The van der Waals surface area contributed by atoms with Gasteiger partial charge in [-0.3, -0.25) is 9.13 Å². The number of benzene rings is 1. The third kappa shape index (κ3) is 2.79. The number of aryl methyl sites for hydroxylation is 1. The standard InChI is InChI=1S/C18H16N4O2S2/c23-18-21(13-4-1-2-5-14(13)24-18)9-11-26-17-20-19-16(15-6-3-10-25-15)22(17)12-7-8-12/h1-6,10,12H,7-9,11H2. The molecule has 0 bridgehead atoms. The van der Waals surface area contributed by atoms with Crippen LogP contribution in [-0.2, 0) is 6.54 Å². The van der Waals surface area contributed by atoms with Crippen LogP contribution in [0.25, 0.3) is 21.8 Å². The molecule has 0 unspecified atom stereocenters. The van der Waals surface area contributed by atoms with E-state index in [4.69, 9.17) is 4.42 Å². The van der Waals surface area contributed by atoms with Crippen LogP contribution < -0.4 is 5.76 Å². The van der Waals surface area contributed by atoms with Crippen molar-refractivity contribution in [2.24, 2.45) is 0 Å². The highest BCUT2D eigenvalue weighted by Gasteiger charge is 2.30. The molecule has 3 heterocycles. The molecule has 1 saturated carbocycles. The second kappa shape index (κ2) is 6.44. The molecule has 26 heavy (non-hydrogen) atoms. The quantitative estimate of drug-likeness (QED) is 0.469. The summed E-state index contributed by atoms with van der Waals surface area (Å²) in [6.07, 6.45) is 2.35. The van der Waals surface area contributed by atoms with Crippen LogP contribution >= 0.6 is 23.1 Å². The summed E-state index contributed by atoms with van der Waals surface area (Å²) in [5.74, 6) is 1.38. The molecule has 132 valence electrons. The van der Waals surface area contributed by atoms with E-state index < -0.39 is 0 Å². The summed E-state index contributed by atoms with van der Waals surface area (Å²) in [5.41, 5.74) is 1.46. The lowest BCUT2D eigenvalue weighted by molar-refractivity contribution is 0.514. The number of hydrogen-bond acceptors (Lipinski definition) is 6. The van der Waals surface area contributed by atoms with Gasteiger partial charge in [0.25, 0.3) is 0 Å². The fourth-order valence-electron chi connectivity index (χ4n) is 3.07. The Kier molecular flexibility index (Phi) is 3.94. The molecule has 0 N–H and O–H groups in total. The fraction of sp³-hybridized carbons (Fsp3) is 0.278. The van der Waals surface area contributed by atoms with Crippen molar-refractivity contribution in [3.8, 4) is 10.7 Å². The summed E-state index contributed by atoms with van der Waals surface area (Å²) in [5, 5.41) is 11.8. The average molecular weight is 384 g/mol. The highest BCUT2D eigenvalue weighted by Crippen LogP contribution is 2.41. The van der Waals surface area contributed by atoms with E-state index in [1.54, 1.807) is 27.7 Å². The topological polar surface area (TPSA) is 65.8 Å². The van der Waals surface area contributed by atoms with Gasteiger partial charge in [-0.25, -0.2) is 4.79 Å². The van der Waals surface area contributed by atoms with Crippen molar-refractivity contribution in [2.75, 3.05) is 5.75 Å². The Bertz CT molecular complexity index is 1110. The molecule has 5 rings (SSSR count). The molecular formula is C18H16N4O2S2. The molecule has 0 saturated heterocycles. The maximum atomic E-state index is 12.1. The summed E-state index contributed by atoms with van der Waals surface area (Å²) in [6, 6.07) is 12.1. The second-order valence-electron chi connectivity index (χ2n) is 6.22. The van der Waals surface area contributed by atoms with Crippen LogP contribution in [0.3, 0.4) is 0 Å². The van der Waals surface area contributed by atoms with Crippen molar-refractivity contribution >= 4 is 34.2 Å². The molecule has 0 amide bonds. The molecule has 0 radical (unpaired) electrons. The van der Waals surface area contributed by atoms with Gasteiger partial charge in [0.05, 0.1) is 10.4 Å². The number of rotatable bonds is 6. The van der Waals surface area contributed by atoms with Gasteiger partial charge in [0, 0.05) is 18.3 Å². The van der Waals surface area contributed by atoms with Gasteiger partial charge in [-0.2, -0.15) is 0 Å². The van der Waals surface area contributed by atoms with Crippen LogP contribution in [0.5, 0.6) is 0 Å². The van der Waals surface area contributed by atoms with Crippen molar-refractivity contribution in [2.45, 2.75) is 30.6 Å². The van der Waals surface area contributed by atoms with Gasteiger partial charge in [-0.15, -0.1) is 21.5 Å². The van der Waals surface area contributed by atoms with Gasteiger partial charge < -0.3 is 4.42 Å². The first-order chi connectivity index (χ1) is 12.8. The van der Waals surface area contributed by atoms with E-state index in [0.29, 0.717) is 18.2 Å². The third-order valence-electron chi connectivity index (χ3n) is 4.44. The van der Waals surface area contributed by atoms with Crippen LogP contribution in [0.2, 0.25) is 0 Å². The summed E-state index contributed by atoms with van der Waals surface area (Å²) in [6.45, 7) is 0.576. The predicted molar refractivity (Wildman–Crippen MR) is 103 cm³/mol. The Balaban J connectivity index is 1.37. The molecule has 1 aliphatic rings. The Morgan fingerprint density at radius 2 is 2.08 bits per heavy atom. The zero-order chi connectivity index (χ0) is 17.5. The lowest BCUT2D eigenvalue weighted by Crippen LogP contribution is -2.15. The average Bonchev–Trinajstić information content (AvgIpc) is 3.07. The maximum Gasteiger partial charge on any atom is 0.419 e. The number of para-hydroxylation sites is 2. The number of oxazole rings is 1. The first kappa shape index (κ1) is 15.9. The van der Waals surface area contributed by atoms with E-state index in [0.717, 1.165) is 27.1 Å². The Labute approximate surface area is 157 Å². The number of thiophene rings is 1. The molecule has 4 aromatic rings. The van der Waals surface area contributed by atoms with Crippen LogP contribution in [0.15, 0.2) is 56.1 Å². The van der Waals surface area contributed by atoms with Crippen LogP contribution in [0, 0.1) is 0 Å². The molecule has 1 aromatic carbocycles. The molecule has 3 aromatic heterocycles. The normalized spacial score (nSPS) is 14.3. The van der Waals surface area contributed by atoms with Crippen LogP contribution in [0.4, 0.5) is 0 Å². The minimum absolute atomic E-state index is 0.310. The molecule has 1 fully saturated rings. The van der Waals surface area contributed by atoms with Crippen molar-refractivity contribution in [1.82, 2.24) is 19.3 Å². The van der Waals surface area contributed by atoms with E-state index in [1.165, 1.54) is 12.8 Å². The van der Waals surface area contributed by atoms with Gasteiger partial charge in [-0.1, -0.05) is 30.0 Å². The third-order valence-corrected chi connectivity index (χ3v) is 6.23. The molecule has 1 aliphatic carbocycles. The summed E-state index contributed by atoms with van der Waals surface area (Å²) in [7, 11) is 0. The monoisotopic (exact) mass is 384 g/mol. The van der Waals surface area contributed by atoms with Gasteiger partial charge in [0.15, 0.2) is 16.6 Å². The van der Waals surface area contributed by atoms with E-state index >= 15 is 0 Å². The highest BCUT2D eigenvalue weighted by atomic mass is 32.2. The van der Waals surface area contributed by atoms with Gasteiger partial charge in [0.1, 0.15) is 0 Å². The van der Waals surface area contributed by atoms with Crippen molar-refractivity contribution in [3.05, 3.63) is 52.3 Å². The number of hydrogen-bond donors (Lipinski definition) is 0. The lowest BCUT2D eigenvalue weighted by atomic mass is 10.3. The molecule has 6 nitrogen and oxygen atoms in total. The molecule has 0 aliphatic heterocycles. The zero-order valence-electron chi connectivity index (χ0n) is 13.9. The van der Waals surface area contributed by atoms with Crippen LogP contribution in [-0.4, -0.2) is 25.1 Å². The predicted octanol–water partition coefficient (Wildman–Crippen LogP) is 4.04. The first-order valence-corrected chi connectivity index (χ1v) is 10.4. The minimum Gasteiger partial charge on any atom is -0.408 e. The van der Waals surface area contributed by atoms with Crippen LogP contribution in [0.1, 0.15) is 18.9 Å². The molecule has 0 atom stereocenters.